The van der Waals surface area contributed by atoms with Gasteiger partial charge >= 0.3 is 5.97 Å². The fraction of sp³-hybridized carbons (Fsp3) is 0.200. The van der Waals surface area contributed by atoms with Gasteiger partial charge in [0, 0.05) is 18.9 Å². The van der Waals surface area contributed by atoms with Crippen LogP contribution in [0.1, 0.15) is 10.4 Å². The number of carboxylic acids is 1. The van der Waals surface area contributed by atoms with Gasteiger partial charge < -0.3 is 10.4 Å². The molecule has 0 aliphatic heterocycles. The molecule has 0 atom stereocenters. The van der Waals surface area contributed by atoms with Crippen molar-refractivity contribution >= 4 is 11.8 Å². The molecular weight excluding hydrogens is 222 g/mol. The van der Waals surface area contributed by atoms with Gasteiger partial charge in [-0.05, 0) is 12.1 Å². The summed E-state index contributed by atoms with van der Waals surface area (Å²) >= 11 is 0. The molecule has 0 aliphatic carbocycles. The molecule has 0 radical (unpaired) electrons. The van der Waals surface area contributed by atoms with Crippen LogP contribution in [0.3, 0.4) is 0 Å². The number of hydrogen-bond donors (Lipinski definition) is 2. The summed E-state index contributed by atoms with van der Waals surface area (Å²) in [6.45, 7) is 1.23. The molecule has 7 nitrogen and oxygen atoms in total. The van der Waals surface area contributed by atoms with Gasteiger partial charge in [0.15, 0.2) is 0 Å². The van der Waals surface area contributed by atoms with E-state index < -0.39 is 5.97 Å². The summed E-state index contributed by atoms with van der Waals surface area (Å²) < 4.78 is 1.67. The van der Waals surface area contributed by atoms with E-state index in [1.54, 1.807) is 17.1 Å². The van der Waals surface area contributed by atoms with Crippen LogP contribution in [0.25, 0.3) is 0 Å². The summed E-state index contributed by atoms with van der Waals surface area (Å²) in [4.78, 5) is 14.8. The lowest BCUT2D eigenvalue weighted by molar-refractivity contribution is 0.0697. The maximum Gasteiger partial charge on any atom is 0.335 e. The Morgan fingerprint density at radius 1 is 1.47 bits per heavy atom. The molecule has 0 amide bonds. The van der Waals surface area contributed by atoms with Crippen LogP contribution in [0.15, 0.2) is 30.7 Å². The molecule has 7 heteroatoms. The number of anilines is 1. The van der Waals surface area contributed by atoms with Crippen LogP contribution in [0.2, 0.25) is 0 Å². The molecule has 88 valence electrons. The van der Waals surface area contributed by atoms with Crippen molar-refractivity contribution in [1.29, 1.82) is 0 Å². The highest BCUT2D eigenvalue weighted by molar-refractivity contribution is 5.88. The molecule has 0 aliphatic rings. The zero-order valence-electron chi connectivity index (χ0n) is 8.95. The molecule has 2 aromatic heterocycles. The quantitative estimate of drug-likeness (QED) is 0.780. The maximum atomic E-state index is 10.7. The lowest BCUT2D eigenvalue weighted by Crippen LogP contribution is -2.12. The van der Waals surface area contributed by atoms with Gasteiger partial charge in [0.2, 0.25) is 0 Å². The van der Waals surface area contributed by atoms with E-state index in [2.05, 4.69) is 20.6 Å². The third kappa shape index (κ3) is 3.00. The second-order valence-corrected chi connectivity index (χ2v) is 3.33. The number of hydrogen-bond acceptors (Lipinski definition) is 5. The summed E-state index contributed by atoms with van der Waals surface area (Å²) in [6, 6.07) is 2.94. The Bertz CT molecular complexity index is 497. The molecule has 0 aromatic carbocycles. The topological polar surface area (TPSA) is 92.9 Å². The number of aromatic nitrogens is 4. The standard InChI is InChI=1S/C10H11N5O2/c16-10(17)8-1-2-11-9(7-8)12-3-5-15-6-4-13-14-15/h1-2,4,6-7H,3,5H2,(H,11,12)(H,16,17). The van der Waals surface area contributed by atoms with Crippen LogP contribution in [0, 0.1) is 0 Å². The summed E-state index contributed by atoms with van der Waals surface area (Å²) in [5.74, 6) is -0.434. The third-order valence-electron chi connectivity index (χ3n) is 2.13. The van der Waals surface area contributed by atoms with E-state index in [9.17, 15) is 4.79 Å². The average Bonchev–Trinajstić information content (AvgIpc) is 2.82. The summed E-state index contributed by atoms with van der Waals surface area (Å²) in [5, 5.41) is 19.3. The van der Waals surface area contributed by atoms with Crippen molar-refractivity contribution in [3.63, 3.8) is 0 Å². The van der Waals surface area contributed by atoms with Crippen LogP contribution in [-0.4, -0.2) is 37.6 Å². The Morgan fingerprint density at radius 3 is 3.06 bits per heavy atom. The average molecular weight is 233 g/mol. The zero-order chi connectivity index (χ0) is 12.1. The van der Waals surface area contributed by atoms with Gasteiger partial charge in [-0.15, -0.1) is 5.10 Å². The van der Waals surface area contributed by atoms with Crippen molar-refractivity contribution in [3.8, 4) is 0 Å². The minimum atomic E-state index is -0.966. The van der Waals surface area contributed by atoms with E-state index in [0.29, 0.717) is 18.9 Å². The Balaban J connectivity index is 1.90. The van der Waals surface area contributed by atoms with E-state index in [0.717, 1.165) is 0 Å². The first-order valence-electron chi connectivity index (χ1n) is 5.03. The number of aromatic carboxylic acids is 1. The number of pyridine rings is 1. The second kappa shape index (κ2) is 5.06. The number of nitrogens with one attached hydrogen (secondary N) is 1. The van der Waals surface area contributed by atoms with Gasteiger partial charge in [0.25, 0.3) is 0 Å². The summed E-state index contributed by atoms with van der Waals surface area (Å²) in [7, 11) is 0. The molecule has 0 saturated heterocycles. The van der Waals surface area contributed by atoms with Crippen molar-refractivity contribution in [3.05, 3.63) is 36.3 Å². The molecule has 2 aromatic rings. The van der Waals surface area contributed by atoms with Gasteiger partial charge in [-0.2, -0.15) is 0 Å². The van der Waals surface area contributed by atoms with Gasteiger partial charge in [0.1, 0.15) is 5.82 Å². The first-order valence-corrected chi connectivity index (χ1v) is 5.03. The lowest BCUT2D eigenvalue weighted by atomic mass is 10.2. The zero-order valence-corrected chi connectivity index (χ0v) is 8.95. The third-order valence-corrected chi connectivity index (χ3v) is 2.13. The predicted octanol–water partition coefficient (Wildman–Crippen LogP) is 0.483. The Labute approximate surface area is 97.1 Å². The Hall–Kier alpha value is -2.44. The lowest BCUT2D eigenvalue weighted by Gasteiger charge is -2.05. The van der Waals surface area contributed by atoms with E-state index in [4.69, 9.17) is 5.11 Å². The molecule has 0 bridgehead atoms. The SMILES string of the molecule is O=C(O)c1ccnc(NCCn2ccnn2)c1. The van der Waals surface area contributed by atoms with E-state index >= 15 is 0 Å². The molecule has 0 unspecified atom stereocenters. The van der Waals surface area contributed by atoms with Crippen molar-refractivity contribution < 1.29 is 9.90 Å². The molecule has 0 fully saturated rings. The predicted molar refractivity (Wildman–Crippen MR) is 59.7 cm³/mol. The van der Waals surface area contributed by atoms with Crippen molar-refractivity contribution in [1.82, 2.24) is 20.0 Å². The molecule has 2 heterocycles. The van der Waals surface area contributed by atoms with Crippen molar-refractivity contribution in [2.75, 3.05) is 11.9 Å². The minimum Gasteiger partial charge on any atom is -0.478 e. The molecule has 0 saturated carbocycles. The number of nitrogens with zero attached hydrogens (tertiary/aromatic N) is 4. The van der Waals surface area contributed by atoms with Crippen LogP contribution >= 0.6 is 0 Å². The Morgan fingerprint density at radius 2 is 2.35 bits per heavy atom. The van der Waals surface area contributed by atoms with Crippen LogP contribution in [0.4, 0.5) is 5.82 Å². The van der Waals surface area contributed by atoms with Crippen molar-refractivity contribution in [2.45, 2.75) is 6.54 Å². The summed E-state index contributed by atoms with van der Waals surface area (Å²) in [5.41, 5.74) is 0.211. The van der Waals surface area contributed by atoms with Gasteiger partial charge in [-0.3, -0.25) is 4.68 Å². The molecule has 0 spiro atoms. The second-order valence-electron chi connectivity index (χ2n) is 3.33. The largest absolute Gasteiger partial charge is 0.478 e. The summed E-state index contributed by atoms with van der Waals surface area (Å²) in [6.07, 6.45) is 4.81. The van der Waals surface area contributed by atoms with E-state index in [1.807, 2.05) is 0 Å². The highest BCUT2D eigenvalue weighted by atomic mass is 16.4. The molecule has 2 rings (SSSR count). The van der Waals surface area contributed by atoms with Crippen molar-refractivity contribution in [2.24, 2.45) is 0 Å². The maximum absolute atomic E-state index is 10.7. The smallest absolute Gasteiger partial charge is 0.335 e. The fourth-order valence-electron chi connectivity index (χ4n) is 1.31. The van der Waals surface area contributed by atoms with Crippen LogP contribution < -0.4 is 5.32 Å². The van der Waals surface area contributed by atoms with Gasteiger partial charge in [0.05, 0.1) is 18.3 Å². The number of carbonyl (C=O) groups is 1. The molecular formula is C10H11N5O2. The van der Waals surface area contributed by atoms with Crippen LogP contribution in [0.5, 0.6) is 0 Å². The van der Waals surface area contributed by atoms with E-state index in [1.165, 1.54) is 18.3 Å². The normalized spacial score (nSPS) is 10.1. The Kier molecular flexibility index (Phi) is 3.29. The molecule has 2 N–H and O–H groups in total. The molecule has 17 heavy (non-hydrogen) atoms. The number of carboxylic acid groups (broad SMARTS) is 1. The number of rotatable bonds is 5. The first kappa shape index (κ1) is 11.1. The minimum absolute atomic E-state index is 0.211. The van der Waals surface area contributed by atoms with Crippen LogP contribution in [-0.2, 0) is 6.54 Å². The van der Waals surface area contributed by atoms with Gasteiger partial charge in [-0.25, -0.2) is 9.78 Å². The highest BCUT2D eigenvalue weighted by Crippen LogP contribution is 2.06. The van der Waals surface area contributed by atoms with E-state index in [-0.39, 0.29) is 5.56 Å². The highest BCUT2D eigenvalue weighted by Gasteiger charge is 2.03. The first-order chi connectivity index (χ1) is 8.25. The fourth-order valence-corrected chi connectivity index (χ4v) is 1.31. The van der Waals surface area contributed by atoms with Gasteiger partial charge in [-0.1, -0.05) is 5.21 Å². The monoisotopic (exact) mass is 233 g/mol.